The fourth-order valence-corrected chi connectivity index (χ4v) is 8.44. The minimum atomic E-state index is -1.30. The molecule has 0 saturated heterocycles. The van der Waals surface area contributed by atoms with E-state index in [0.29, 0.717) is 32.2 Å². The number of primary amides is 1. The molecular formula is C53H103N17O9. The van der Waals surface area contributed by atoms with E-state index in [9.17, 15) is 43.2 Å². The monoisotopic (exact) mass is 1120 g/mol. The van der Waals surface area contributed by atoms with Gasteiger partial charge < -0.3 is 82.7 Å². The summed E-state index contributed by atoms with van der Waals surface area (Å²) in [6.45, 7) is 22.7. The quantitative estimate of drug-likeness (QED) is 0.0195. The molecule has 0 aromatic carbocycles. The first-order valence-electron chi connectivity index (χ1n) is 28.1. The molecule has 0 aliphatic carbocycles. The number of guanidine groups is 2. The van der Waals surface area contributed by atoms with Crippen molar-refractivity contribution in [3.8, 4) is 0 Å². The Hall–Kier alpha value is -6.31. The molecule has 0 rings (SSSR count). The number of rotatable bonds is 40. The first-order valence-corrected chi connectivity index (χ1v) is 28.1. The summed E-state index contributed by atoms with van der Waals surface area (Å²) < 4.78 is 0. The molecule has 26 heteroatoms. The average molecular weight is 1120 g/mol. The Morgan fingerprint density at radius 3 is 0.975 bits per heavy atom. The van der Waals surface area contributed by atoms with Gasteiger partial charge in [-0.05, 0) is 119 Å². The molecule has 0 heterocycles. The molecule has 0 aliphatic rings. The van der Waals surface area contributed by atoms with Crippen molar-refractivity contribution in [1.82, 2.24) is 42.5 Å². The summed E-state index contributed by atoms with van der Waals surface area (Å²) in [5, 5.41) is 22.1. The van der Waals surface area contributed by atoms with Crippen LogP contribution in [-0.4, -0.2) is 139 Å². The molecule has 0 radical (unpaired) electrons. The molecule has 9 amide bonds. The predicted octanol–water partition coefficient (Wildman–Crippen LogP) is -1.20. The molecule has 9 atom stereocenters. The van der Waals surface area contributed by atoms with E-state index >= 15 is 0 Å². The van der Waals surface area contributed by atoms with Crippen molar-refractivity contribution in [3.63, 3.8) is 0 Å². The number of nitrogens with one attached hydrogen (secondary N) is 8. The Morgan fingerprint density at radius 1 is 0.354 bits per heavy atom. The summed E-state index contributed by atoms with van der Waals surface area (Å²) >= 11 is 0. The number of carbonyl (C=O) groups excluding carboxylic acids is 9. The van der Waals surface area contributed by atoms with Crippen LogP contribution in [0.5, 0.6) is 0 Å². The topological polar surface area (TPSA) is 457 Å². The summed E-state index contributed by atoms with van der Waals surface area (Å²) in [7, 11) is 0. The zero-order chi connectivity index (χ0) is 60.7. The number of hydrogen-bond acceptors (Lipinski definition) is 13. The second kappa shape index (κ2) is 38.3. The third-order valence-electron chi connectivity index (χ3n) is 12.4. The van der Waals surface area contributed by atoms with E-state index in [0.717, 1.165) is 0 Å². The van der Waals surface area contributed by atoms with Crippen LogP contribution < -0.4 is 82.7 Å². The fourth-order valence-electron chi connectivity index (χ4n) is 8.44. The lowest BCUT2D eigenvalue weighted by Gasteiger charge is -2.30. The SMILES string of the molecule is CC(C)C[C@H](NC(=O)[C@H](CC(C)C)NC(=O)[C@H](CC(C)C)NC(=O)[C@@H](N)CC(C)C)C(=O)N[C@@H](CC(C)C)C(=O)N[C@@H](CCCN=C(N)N)C(=O)N[C@H](C(=O)N[C@@H](CCCCN)C(=O)N[C@@H](CCCN=C(N)N)C(N)=O)C(C)C. The highest BCUT2D eigenvalue weighted by Gasteiger charge is 2.36. The highest BCUT2D eigenvalue weighted by atomic mass is 16.2. The maximum atomic E-state index is 14.4. The molecule has 454 valence electrons. The van der Waals surface area contributed by atoms with Gasteiger partial charge in [0, 0.05) is 13.1 Å². The zero-order valence-electron chi connectivity index (χ0n) is 49.4. The Bertz CT molecular complexity index is 1990. The number of amides is 9. The zero-order valence-corrected chi connectivity index (χ0v) is 49.4. The highest BCUT2D eigenvalue weighted by molar-refractivity contribution is 5.98. The normalized spacial score (nSPS) is 14.9. The van der Waals surface area contributed by atoms with Crippen molar-refractivity contribution in [2.24, 2.45) is 85.6 Å². The van der Waals surface area contributed by atoms with E-state index in [4.69, 9.17) is 40.1 Å². The molecule has 26 nitrogen and oxygen atoms in total. The van der Waals surface area contributed by atoms with Crippen LogP contribution in [0.3, 0.4) is 0 Å². The smallest absolute Gasteiger partial charge is 0.243 e. The third-order valence-corrected chi connectivity index (χ3v) is 12.4. The predicted molar refractivity (Wildman–Crippen MR) is 307 cm³/mol. The average Bonchev–Trinajstić information content (AvgIpc) is 3.32. The van der Waals surface area contributed by atoms with E-state index in [-0.39, 0.29) is 106 Å². The van der Waals surface area contributed by atoms with Crippen LogP contribution in [0.25, 0.3) is 0 Å². The Morgan fingerprint density at radius 2 is 0.646 bits per heavy atom. The molecule has 0 bridgehead atoms. The van der Waals surface area contributed by atoms with E-state index in [1.165, 1.54) is 0 Å². The lowest BCUT2D eigenvalue weighted by molar-refractivity contribution is -0.136. The van der Waals surface area contributed by atoms with E-state index in [1.54, 1.807) is 13.8 Å². The Balaban J connectivity index is 6.84. The molecular weight excluding hydrogens is 1020 g/mol. The van der Waals surface area contributed by atoms with Crippen LogP contribution in [0, 0.1) is 35.5 Å². The van der Waals surface area contributed by atoms with Crippen molar-refractivity contribution in [2.45, 2.75) is 215 Å². The number of carbonyl (C=O) groups is 9. The van der Waals surface area contributed by atoms with Crippen LogP contribution in [0.4, 0.5) is 0 Å². The van der Waals surface area contributed by atoms with Gasteiger partial charge in [-0.15, -0.1) is 0 Å². The molecule has 0 unspecified atom stereocenters. The summed E-state index contributed by atoms with van der Waals surface area (Å²) in [5.41, 5.74) is 39.4. The van der Waals surface area contributed by atoms with Crippen molar-refractivity contribution in [2.75, 3.05) is 19.6 Å². The lowest BCUT2D eigenvalue weighted by atomic mass is 9.97. The van der Waals surface area contributed by atoms with Crippen LogP contribution in [0.1, 0.15) is 160 Å². The number of nitrogens with zero attached hydrogens (tertiary/aromatic N) is 2. The molecule has 0 spiro atoms. The van der Waals surface area contributed by atoms with Crippen LogP contribution in [0.2, 0.25) is 0 Å². The van der Waals surface area contributed by atoms with E-state index < -0.39 is 113 Å². The minimum absolute atomic E-state index is 0.00808. The first kappa shape index (κ1) is 72.7. The molecule has 22 N–H and O–H groups in total. The summed E-state index contributed by atoms with van der Waals surface area (Å²) in [6, 6.07) is -10.2. The summed E-state index contributed by atoms with van der Waals surface area (Å²) in [6.07, 6.45) is 2.79. The van der Waals surface area contributed by atoms with Gasteiger partial charge in [0.1, 0.15) is 48.3 Å². The molecule has 0 saturated carbocycles. The number of aliphatic imine (C=N–C) groups is 2. The van der Waals surface area contributed by atoms with Crippen LogP contribution >= 0.6 is 0 Å². The Labute approximate surface area is 469 Å². The summed E-state index contributed by atoms with van der Waals surface area (Å²) in [4.78, 5) is 132. The van der Waals surface area contributed by atoms with Gasteiger partial charge in [-0.25, -0.2) is 0 Å². The third kappa shape index (κ3) is 31.8. The molecule has 79 heavy (non-hydrogen) atoms. The molecule has 0 aliphatic heterocycles. The van der Waals surface area contributed by atoms with Gasteiger partial charge in [0.25, 0.3) is 0 Å². The van der Waals surface area contributed by atoms with Crippen LogP contribution in [0.15, 0.2) is 9.98 Å². The van der Waals surface area contributed by atoms with Gasteiger partial charge in [0.2, 0.25) is 53.2 Å². The lowest BCUT2D eigenvalue weighted by Crippen LogP contribution is -2.61. The minimum Gasteiger partial charge on any atom is -0.370 e. The van der Waals surface area contributed by atoms with Crippen molar-refractivity contribution in [1.29, 1.82) is 0 Å². The van der Waals surface area contributed by atoms with Crippen molar-refractivity contribution in [3.05, 3.63) is 0 Å². The van der Waals surface area contributed by atoms with E-state index in [1.807, 2.05) is 69.2 Å². The second-order valence-electron chi connectivity index (χ2n) is 23.0. The number of hydrogen-bond donors (Lipinski definition) is 15. The maximum absolute atomic E-state index is 14.4. The van der Waals surface area contributed by atoms with Crippen molar-refractivity contribution < 1.29 is 43.2 Å². The maximum Gasteiger partial charge on any atom is 0.243 e. The van der Waals surface area contributed by atoms with Gasteiger partial charge >= 0.3 is 0 Å². The van der Waals surface area contributed by atoms with Crippen LogP contribution in [-0.2, 0) is 43.2 Å². The summed E-state index contributed by atoms with van der Waals surface area (Å²) in [5.74, 6) is -7.28. The molecule has 0 aromatic heterocycles. The molecule has 0 fully saturated rings. The molecule has 0 aromatic rings. The van der Waals surface area contributed by atoms with Gasteiger partial charge in [0.15, 0.2) is 11.9 Å². The number of unbranched alkanes of at least 4 members (excludes halogenated alkanes) is 1. The van der Waals surface area contributed by atoms with Gasteiger partial charge in [-0.2, -0.15) is 0 Å². The first-order chi connectivity index (χ1) is 36.8. The Kier molecular flexibility index (Phi) is 35.3. The largest absolute Gasteiger partial charge is 0.370 e. The van der Waals surface area contributed by atoms with E-state index in [2.05, 4.69) is 52.5 Å². The highest BCUT2D eigenvalue weighted by Crippen LogP contribution is 2.15. The van der Waals surface area contributed by atoms with Gasteiger partial charge in [-0.1, -0.05) is 83.1 Å². The van der Waals surface area contributed by atoms with Crippen molar-refractivity contribution >= 4 is 65.1 Å². The van der Waals surface area contributed by atoms with Gasteiger partial charge in [-0.3, -0.25) is 53.1 Å². The second-order valence-corrected chi connectivity index (χ2v) is 23.0. The standard InChI is InChI=1S/C53H103N17O9/c1-28(2)23-34(55)44(72)66-38(24-29(3)4)48(76)68-40(26-31(7)8)50(78)69-41(27-32(9)10)49(77)67-39(25-30(5)6)47(75)64-37(19-16-22-62-53(59)60)46(74)70-42(33(11)12)51(79)65-36(17-13-14-20-54)45(73)63-35(43(56)71)18-15-21-61-52(57)58/h28-42H,13-27,54-55H2,1-12H3,(H2,56,71)(H,63,73)(H,64,75)(H,65,79)(H,66,72)(H,67,77)(H,68,76)(H,69,78)(H,70,74)(H4,57,58,61)(H4,59,60,62)/t34-,35-,36-,37-,38-,39-,40-,41-,42-/m0/s1. The van der Waals surface area contributed by atoms with Gasteiger partial charge in [0.05, 0.1) is 6.04 Å². The fraction of sp³-hybridized carbons (Fsp3) is 0.792. The number of nitrogens with two attached hydrogens (primary N) is 7.